The molecule has 4 fully saturated rings. The maximum Gasteiger partial charge on any atom is 0.280 e. The van der Waals surface area contributed by atoms with Gasteiger partial charge in [0.2, 0.25) is 23.7 Å². The van der Waals surface area contributed by atoms with E-state index in [4.69, 9.17) is 78.4 Å². The molecule has 0 bridgehead atoms. The van der Waals surface area contributed by atoms with Crippen LogP contribution in [-0.2, 0) is 133 Å². The Morgan fingerprint density at radius 1 is 0.441 bits per heavy atom. The van der Waals surface area contributed by atoms with E-state index in [-0.39, 0.29) is 71.0 Å². The molecule has 0 saturated carbocycles. The van der Waals surface area contributed by atoms with Gasteiger partial charge < -0.3 is 187 Å². The van der Waals surface area contributed by atoms with Gasteiger partial charge in [0.15, 0.2) is 17.2 Å². The van der Waals surface area contributed by atoms with E-state index >= 15 is 0 Å². The molecule has 17 N–H and O–H groups in total. The van der Waals surface area contributed by atoms with Crippen molar-refractivity contribution in [3.8, 4) is 5.88 Å². The highest BCUT2D eigenvalue weighted by Gasteiger charge is 2.43. The smallest absolute Gasteiger partial charge is 0.280 e. The molecule has 0 spiro atoms. The molecule has 8 aromatic rings. The van der Waals surface area contributed by atoms with Crippen molar-refractivity contribution >= 4 is 186 Å². The average Bonchev–Trinajstić information content (AvgIpc) is 1.63. The van der Waals surface area contributed by atoms with Crippen molar-refractivity contribution in [1.82, 2.24) is 57.7 Å². The molecule has 714 valence electrons. The van der Waals surface area contributed by atoms with Crippen molar-refractivity contribution in [3.05, 3.63) is 64.0 Å². The second kappa shape index (κ2) is 40.8. The maximum absolute atomic E-state index is 12.2. The van der Waals surface area contributed by atoms with Gasteiger partial charge in [0.1, 0.15) is 70.3 Å². The lowest BCUT2D eigenvalue weighted by Gasteiger charge is -2.33. The van der Waals surface area contributed by atoms with E-state index in [2.05, 4.69) is 87.5 Å². The molecule has 0 radical (unpaired) electrons. The number of H-pyrrole nitrogens is 1. The lowest BCUT2D eigenvalue weighted by molar-refractivity contribution is -0.254. The molecule has 8 aromatic heterocycles. The molecule has 80 heteroatoms. The van der Waals surface area contributed by atoms with E-state index in [9.17, 15) is 139 Å². The number of nitrogens with one attached hydrogen (secondary N) is 1. The number of hydrogen-bond acceptors (Lipinski definition) is 58. The third kappa shape index (κ3) is 30.1. The zero-order valence-electron chi connectivity index (χ0n) is 62.8. The molecule has 4 aliphatic heterocycles. The van der Waals surface area contributed by atoms with E-state index < -0.39 is 200 Å². The SMILES string of the molecule is COc1nc(N)nc2c1ccn2C1CC(O)C(COP(=O)([O-])OP(=O)([O-])OP(=O)([O-])O)O1.CSc1nc(N)nc2c1ccn2C1CC(O)C(COP(=O)([O-])OP(=O)([O-])OP(=O)([O-])O)O1.Cn1c(N)nc2c(ccn2C2CC(O)C(COP(=O)([O-])OP(=O)([O-])OP(=O)([O-])O)O2)c1=O.Nc1nc(=S)c2ccn(C3CC(O)C(COP(=O)([O-])OP(=O)([O-])OP(=O)([O-])O)O3)c2[nH]1. The maximum atomic E-state index is 12.2. The Balaban J connectivity index is 0.000000191. The minimum atomic E-state index is -6.04. The Morgan fingerprint density at radius 2 is 0.740 bits per heavy atom. The van der Waals surface area contributed by atoms with Crippen molar-refractivity contribution in [3.63, 3.8) is 0 Å². The number of aromatic amines is 1. The average molecular weight is 2090 g/mol. The van der Waals surface area contributed by atoms with Gasteiger partial charge in [-0.25, -0.2) is 44.5 Å². The van der Waals surface area contributed by atoms with Gasteiger partial charge in [0.05, 0.1) is 79.5 Å². The second-order valence-corrected chi connectivity index (χ2v) is 43.7. The molecule has 0 aromatic carbocycles. The van der Waals surface area contributed by atoms with Crippen molar-refractivity contribution in [2.24, 2.45) is 7.05 Å². The summed E-state index contributed by atoms with van der Waals surface area (Å²) < 4.78 is 212. The molecular weight excluding hydrogens is 2020 g/mol. The molecule has 0 amide bonds. The van der Waals surface area contributed by atoms with Gasteiger partial charge in [-0.2, -0.15) is 19.9 Å². The number of nitrogen functional groups attached to an aromatic ring is 4. The van der Waals surface area contributed by atoms with Crippen molar-refractivity contribution in [1.29, 1.82) is 0 Å². The van der Waals surface area contributed by atoms with Crippen molar-refractivity contribution < 1.29 is 230 Å². The number of anilines is 4. The molecule has 4 aliphatic rings. The number of phosphoric acid groups is 12. The van der Waals surface area contributed by atoms with E-state index in [1.807, 2.05) is 0 Å². The van der Waals surface area contributed by atoms with Crippen LogP contribution in [0.15, 0.2) is 58.9 Å². The summed E-state index contributed by atoms with van der Waals surface area (Å²) in [5.41, 5.74) is 23.6. The van der Waals surface area contributed by atoms with Crippen LogP contribution in [0.3, 0.4) is 0 Å². The summed E-state index contributed by atoms with van der Waals surface area (Å²) in [6, 6.07) is 6.39. The number of nitrogens with zero attached hydrogens (tertiary/aromatic N) is 11. The van der Waals surface area contributed by atoms with E-state index in [1.54, 1.807) is 47.6 Å². The number of aliphatic hydroxyl groups excluding tert-OH is 4. The number of hydrogen-bond donors (Lipinski definition) is 13. The molecule has 24 atom stereocenters. The molecule has 0 aliphatic carbocycles. The Hall–Kier alpha value is -4.83. The first-order valence-corrected chi connectivity index (χ1v) is 52.8. The van der Waals surface area contributed by atoms with Crippen LogP contribution in [-0.4, -0.2) is 186 Å². The first-order chi connectivity index (χ1) is 58.1. The molecule has 4 saturated heterocycles. The van der Waals surface area contributed by atoms with Crippen LogP contribution in [0.4, 0.5) is 23.8 Å². The van der Waals surface area contributed by atoms with Crippen molar-refractivity contribution in [2.75, 3.05) is 62.7 Å². The Morgan fingerprint density at radius 3 is 1.08 bits per heavy atom. The lowest BCUT2D eigenvalue weighted by Crippen LogP contribution is -2.27. The van der Waals surface area contributed by atoms with E-state index in [0.29, 0.717) is 38.1 Å². The Kier molecular flexibility index (Phi) is 34.0. The van der Waals surface area contributed by atoms with Crippen LogP contribution in [0, 0.1) is 4.64 Å². The monoisotopic (exact) mass is 2090 g/mol. The van der Waals surface area contributed by atoms with Crippen LogP contribution >= 0.6 is 118 Å². The number of nitrogens with two attached hydrogens (primary N) is 4. The molecule has 12 heterocycles. The van der Waals surface area contributed by atoms with Gasteiger partial charge in [-0.15, -0.1) is 11.8 Å². The number of ether oxygens (including phenoxy) is 5. The number of rotatable bonds is 34. The molecule has 24 unspecified atom stereocenters. The van der Waals surface area contributed by atoms with E-state index in [0.717, 1.165) is 4.57 Å². The second-order valence-electron chi connectivity index (χ2n) is 25.3. The normalized spacial score (nSPS) is 27.2. The highest BCUT2D eigenvalue weighted by Crippen LogP contribution is 2.65. The number of aromatic nitrogens is 12. The van der Waals surface area contributed by atoms with Crippen LogP contribution in [0.2, 0.25) is 0 Å². The van der Waals surface area contributed by atoms with Crippen molar-refractivity contribution in [2.45, 2.75) is 104 Å². The number of aliphatic hydroxyl groups is 4. The summed E-state index contributed by atoms with van der Waals surface area (Å²) in [5, 5.41) is 43.2. The van der Waals surface area contributed by atoms with Gasteiger partial charge >= 0.3 is 0 Å². The van der Waals surface area contributed by atoms with Crippen LogP contribution in [0.25, 0.3) is 44.1 Å². The highest BCUT2D eigenvalue weighted by molar-refractivity contribution is 7.98. The minimum Gasteiger partial charge on any atom is -0.756 e. The van der Waals surface area contributed by atoms with Gasteiger partial charge in [-0.05, 0) is 30.5 Å². The summed E-state index contributed by atoms with van der Waals surface area (Å²) in [6.07, 6.45) is -5.63. The molecule has 66 nitrogen and oxygen atoms in total. The van der Waals surface area contributed by atoms with Crippen LogP contribution in [0.5, 0.6) is 5.88 Å². The quantitative estimate of drug-likeness (QED) is 0.00771. The summed E-state index contributed by atoms with van der Waals surface area (Å²) in [5.74, 6) is 0.0745. The zero-order chi connectivity index (χ0) is 95.0. The number of methoxy groups -OCH3 is 1. The number of phosphoric ester groups is 4. The summed E-state index contributed by atoms with van der Waals surface area (Å²) >= 11 is 6.45. The highest BCUT2D eigenvalue weighted by atomic mass is 32.2. The fraction of sp³-hybridized carbons (Fsp3) is 0.489. The summed E-state index contributed by atoms with van der Waals surface area (Å²) in [4.78, 5) is 206. The third-order valence-electron chi connectivity index (χ3n) is 16.4. The van der Waals surface area contributed by atoms with Crippen LogP contribution < -0.4 is 92.0 Å². The lowest BCUT2D eigenvalue weighted by atomic mass is 10.2. The largest absolute Gasteiger partial charge is 0.756 e. The summed E-state index contributed by atoms with van der Waals surface area (Å²) in [7, 11) is -67.4. The van der Waals surface area contributed by atoms with E-state index in [1.165, 1.54) is 51.9 Å². The minimum absolute atomic E-state index is 0.00658. The zero-order valence-corrected chi connectivity index (χ0v) is 75.2. The first-order valence-electron chi connectivity index (χ1n) is 33.5. The Bertz CT molecular complexity index is 5940. The number of fused-ring (bicyclic) bond motifs is 4. The van der Waals surface area contributed by atoms with Gasteiger partial charge in [0, 0.05) is 57.5 Å². The predicted molar refractivity (Wildman–Crippen MR) is 392 cm³/mol. The topological polar surface area (TPSA) is 1040 Å². The fourth-order valence-electron chi connectivity index (χ4n) is 11.5. The third-order valence-corrected chi connectivity index (χ3v) is 32.1. The van der Waals surface area contributed by atoms with Gasteiger partial charge in [-0.3, -0.25) is 64.1 Å². The predicted octanol–water partition coefficient (Wildman–Crippen LogP) is -6.87. The Labute approximate surface area is 714 Å². The fourth-order valence-corrected chi connectivity index (χ4v) is 23.9. The first kappa shape index (κ1) is 106. The number of thioether (sulfide) groups is 1. The molecular formula is C47H62N16O50P12S2-12. The van der Waals surface area contributed by atoms with Crippen LogP contribution in [0.1, 0.15) is 50.6 Å². The molecule has 12 rings (SSSR count). The van der Waals surface area contributed by atoms with Gasteiger partial charge in [0.25, 0.3) is 99.4 Å². The van der Waals surface area contributed by atoms with Gasteiger partial charge in [-0.1, -0.05) is 12.2 Å². The summed E-state index contributed by atoms with van der Waals surface area (Å²) in [6.45, 7) is -3.58. The molecule has 127 heavy (non-hydrogen) atoms. The standard InChI is InChI=1S/2C12H19N4O13P3.C12H19N4O12P3S.C11H17N4O12P3S/c1-25-11-6-2-3-16(10(6)14-12(13)15-11)9-4-7(17)8(27-9)5-26-31(21,22)29-32(23,24)28-30(18,19)20;1-15-11(18)6-2-3-16(10(6)14-12(15)13)9-4-7(17)8(27-9)5-26-31(22,23)29-32(24,25)28-30(19,20)21;1-32-11-6-2-3-16(10(6)14-12(13)15-11)9-4-7(17)8(26-9)5-25-30(21,22)28-31(23,24)27-29(18,19)20;12-11-13-9-5(10(31)14-11)1-2-15(9)8-3-6(16)7(25-8)4-24-29(20,21)27-30(22,23)26-28(17,18)19/h2-3,7-9,17H,4-5H2,1H3,(H,21,22)(H,23,24)(H2,13,14,15)(H2,18,19,20);2-3,7-9,17H,4-5H2,1H3,(H2,13,14)(H,22,23)(H,24,25)(H2,19,20,21);2-3,7-9,17H,4-5H2,1H3,(H,21,22)(H,23,24)(H2,13,14,15)(H2,18,19,20);1-2,6-8,16H,3-4H2,(H,20,21)(H,22,23)(H2,17,18,19)(H3,12,13,14,31)/p-12.